The fourth-order valence-electron chi connectivity index (χ4n) is 8.33. The zero-order valence-corrected chi connectivity index (χ0v) is 27.6. The third-order valence-electron chi connectivity index (χ3n) is 10.5. The fourth-order valence-corrected chi connectivity index (χ4v) is 8.33. The van der Waals surface area contributed by atoms with Crippen LogP contribution in [0.5, 0.6) is 0 Å². The molecule has 3 aromatic heterocycles. The lowest BCUT2D eigenvalue weighted by Crippen LogP contribution is -1.94. The summed E-state index contributed by atoms with van der Waals surface area (Å²) in [4.78, 5) is 0. The molecule has 0 amide bonds. The highest BCUT2D eigenvalue weighted by Crippen LogP contribution is 2.44. The summed E-state index contributed by atoms with van der Waals surface area (Å²) < 4.78 is 11.1. The Kier molecular flexibility index (Phi) is 5.96. The second-order valence-electron chi connectivity index (χ2n) is 13.3. The van der Waals surface area contributed by atoms with Crippen molar-refractivity contribution in [3.05, 3.63) is 182 Å². The molecule has 0 bridgehead atoms. The summed E-state index contributed by atoms with van der Waals surface area (Å²) in [6, 6.07) is 65.5. The highest BCUT2D eigenvalue weighted by atomic mass is 16.3. The minimum absolute atomic E-state index is 0.894. The molecular weight excluding hydrogens is 621 g/mol. The van der Waals surface area contributed by atoms with Crippen molar-refractivity contribution in [2.45, 2.75) is 0 Å². The molecule has 0 N–H and O–H groups in total. The Morgan fingerprint density at radius 3 is 1.47 bits per heavy atom. The molecular formula is C48H30N2O. The summed E-state index contributed by atoms with van der Waals surface area (Å²) in [5, 5.41) is 7.25. The molecule has 11 rings (SSSR count). The Hall–Kier alpha value is -6.84. The standard InChI is InChI=1S/C48H30N2O/c1-2-12-31(13-3-1)32-24-26-33(27-25-32)49-41-19-7-4-15-39(41)47-37(17-10-21-43(47)49)38-18-11-22-44-48(38)40-16-5-8-20-42(40)50(44)34-28-29-36-35-14-6-9-23-45(35)51-46(36)30-34/h1-30H. The number of nitrogens with zero attached hydrogens (tertiary/aromatic N) is 2. The van der Waals surface area contributed by atoms with Gasteiger partial charge in [-0.05, 0) is 76.9 Å². The van der Waals surface area contributed by atoms with Crippen molar-refractivity contribution in [1.29, 1.82) is 0 Å². The molecule has 0 saturated heterocycles. The number of hydrogen-bond donors (Lipinski definition) is 0. The van der Waals surface area contributed by atoms with Gasteiger partial charge in [-0.1, -0.05) is 121 Å². The van der Waals surface area contributed by atoms with E-state index in [1.54, 1.807) is 0 Å². The molecule has 0 atom stereocenters. The second-order valence-corrected chi connectivity index (χ2v) is 13.3. The average molecular weight is 651 g/mol. The number of benzene rings is 8. The summed E-state index contributed by atoms with van der Waals surface area (Å²) in [6.07, 6.45) is 0. The van der Waals surface area contributed by atoms with Gasteiger partial charge < -0.3 is 13.6 Å². The molecule has 3 heterocycles. The molecule has 0 radical (unpaired) electrons. The van der Waals surface area contributed by atoms with Gasteiger partial charge in [0, 0.05) is 49.8 Å². The smallest absolute Gasteiger partial charge is 0.137 e. The van der Waals surface area contributed by atoms with Gasteiger partial charge in [-0.2, -0.15) is 0 Å². The van der Waals surface area contributed by atoms with Crippen molar-refractivity contribution in [2.24, 2.45) is 0 Å². The van der Waals surface area contributed by atoms with Crippen molar-refractivity contribution in [3.8, 4) is 33.6 Å². The highest BCUT2D eigenvalue weighted by molar-refractivity contribution is 6.22. The number of fused-ring (bicyclic) bond motifs is 9. The van der Waals surface area contributed by atoms with E-state index in [0.29, 0.717) is 0 Å². The summed E-state index contributed by atoms with van der Waals surface area (Å²) in [5.74, 6) is 0. The van der Waals surface area contributed by atoms with Crippen LogP contribution in [0.4, 0.5) is 0 Å². The normalized spacial score (nSPS) is 11.9. The van der Waals surface area contributed by atoms with Crippen LogP contribution in [0.2, 0.25) is 0 Å². The average Bonchev–Trinajstić information content (AvgIpc) is 3.86. The van der Waals surface area contributed by atoms with E-state index >= 15 is 0 Å². The van der Waals surface area contributed by atoms with E-state index in [1.165, 1.54) is 65.9 Å². The summed E-state index contributed by atoms with van der Waals surface area (Å²) >= 11 is 0. The first-order valence-corrected chi connectivity index (χ1v) is 17.4. The molecule has 0 saturated carbocycles. The molecule has 51 heavy (non-hydrogen) atoms. The Balaban J connectivity index is 1.15. The first-order chi connectivity index (χ1) is 25.3. The predicted molar refractivity (Wildman–Crippen MR) is 213 cm³/mol. The minimum Gasteiger partial charge on any atom is -0.456 e. The van der Waals surface area contributed by atoms with Gasteiger partial charge in [-0.3, -0.25) is 0 Å². The van der Waals surface area contributed by atoms with Crippen LogP contribution in [0.15, 0.2) is 186 Å². The lowest BCUT2D eigenvalue weighted by atomic mass is 9.95. The molecule has 0 unspecified atom stereocenters. The maximum atomic E-state index is 6.35. The molecule has 0 aliphatic carbocycles. The molecule has 3 nitrogen and oxygen atoms in total. The number of para-hydroxylation sites is 3. The van der Waals surface area contributed by atoms with E-state index in [1.807, 2.05) is 12.1 Å². The van der Waals surface area contributed by atoms with Gasteiger partial charge in [0.15, 0.2) is 0 Å². The van der Waals surface area contributed by atoms with Crippen LogP contribution in [-0.4, -0.2) is 9.13 Å². The van der Waals surface area contributed by atoms with Gasteiger partial charge >= 0.3 is 0 Å². The number of aromatic nitrogens is 2. The quantitative estimate of drug-likeness (QED) is 0.186. The molecule has 0 aliphatic rings. The van der Waals surface area contributed by atoms with Gasteiger partial charge in [0.1, 0.15) is 11.2 Å². The molecule has 0 aliphatic heterocycles. The van der Waals surface area contributed by atoms with Gasteiger partial charge in [-0.15, -0.1) is 0 Å². The van der Waals surface area contributed by atoms with Gasteiger partial charge in [0.05, 0.1) is 22.1 Å². The summed E-state index contributed by atoms with van der Waals surface area (Å²) in [5.41, 5.74) is 13.6. The van der Waals surface area contributed by atoms with Crippen LogP contribution in [0, 0.1) is 0 Å². The van der Waals surface area contributed by atoms with E-state index in [9.17, 15) is 0 Å². The Morgan fingerprint density at radius 2 is 0.804 bits per heavy atom. The number of rotatable bonds is 4. The Morgan fingerprint density at radius 1 is 0.314 bits per heavy atom. The van der Waals surface area contributed by atoms with E-state index in [2.05, 4.69) is 179 Å². The number of furan rings is 1. The van der Waals surface area contributed by atoms with Crippen molar-refractivity contribution in [3.63, 3.8) is 0 Å². The van der Waals surface area contributed by atoms with Crippen LogP contribution in [0.1, 0.15) is 0 Å². The van der Waals surface area contributed by atoms with E-state index in [4.69, 9.17) is 4.42 Å². The molecule has 8 aromatic carbocycles. The third kappa shape index (κ3) is 4.12. The first-order valence-electron chi connectivity index (χ1n) is 17.4. The Labute approximate surface area is 293 Å². The highest BCUT2D eigenvalue weighted by Gasteiger charge is 2.21. The molecule has 0 fully saturated rings. The lowest BCUT2D eigenvalue weighted by Gasteiger charge is -2.11. The topological polar surface area (TPSA) is 23.0 Å². The van der Waals surface area contributed by atoms with Crippen LogP contribution in [0.3, 0.4) is 0 Å². The zero-order valence-electron chi connectivity index (χ0n) is 27.6. The monoisotopic (exact) mass is 650 g/mol. The van der Waals surface area contributed by atoms with E-state index in [-0.39, 0.29) is 0 Å². The van der Waals surface area contributed by atoms with Crippen molar-refractivity contribution in [1.82, 2.24) is 9.13 Å². The maximum absolute atomic E-state index is 6.35. The molecule has 3 heteroatoms. The van der Waals surface area contributed by atoms with Crippen LogP contribution in [0.25, 0.3) is 99.2 Å². The fraction of sp³-hybridized carbons (Fsp3) is 0. The SMILES string of the molecule is c1ccc(-c2ccc(-n3c4ccccc4c4c(-c5cccc6c5c5ccccc5n6-c5ccc6c(c5)oc5ccccc56)cccc43)cc2)cc1. The molecule has 238 valence electrons. The maximum Gasteiger partial charge on any atom is 0.137 e. The van der Waals surface area contributed by atoms with E-state index < -0.39 is 0 Å². The minimum atomic E-state index is 0.894. The van der Waals surface area contributed by atoms with Gasteiger partial charge in [0.2, 0.25) is 0 Å². The van der Waals surface area contributed by atoms with Crippen molar-refractivity contribution < 1.29 is 4.42 Å². The molecule has 0 spiro atoms. The predicted octanol–water partition coefficient (Wildman–Crippen LogP) is 13.1. The lowest BCUT2D eigenvalue weighted by molar-refractivity contribution is 0.668. The second kappa shape index (κ2) is 10.8. The van der Waals surface area contributed by atoms with Crippen LogP contribution >= 0.6 is 0 Å². The van der Waals surface area contributed by atoms with Crippen molar-refractivity contribution in [2.75, 3.05) is 0 Å². The first kappa shape index (κ1) is 28.0. The summed E-state index contributed by atoms with van der Waals surface area (Å²) in [6.45, 7) is 0. The van der Waals surface area contributed by atoms with Gasteiger partial charge in [-0.25, -0.2) is 0 Å². The summed E-state index contributed by atoms with van der Waals surface area (Å²) in [7, 11) is 0. The Bertz CT molecular complexity index is 3120. The third-order valence-corrected chi connectivity index (χ3v) is 10.5. The molecule has 11 aromatic rings. The largest absolute Gasteiger partial charge is 0.456 e. The van der Waals surface area contributed by atoms with Crippen LogP contribution < -0.4 is 0 Å². The van der Waals surface area contributed by atoms with Crippen molar-refractivity contribution >= 4 is 65.6 Å². The van der Waals surface area contributed by atoms with E-state index in [0.717, 1.165) is 33.3 Å². The van der Waals surface area contributed by atoms with Gasteiger partial charge in [0.25, 0.3) is 0 Å². The number of hydrogen-bond acceptors (Lipinski definition) is 1. The van der Waals surface area contributed by atoms with Crippen LogP contribution in [-0.2, 0) is 0 Å². The zero-order chi connectivity index (χ0) is 33.5.